The Morgan fingerprint density at radius 1 is 1.10 bits per heavy atom. The molecule has 0 fully saturated rings. The number of nitrogens with zero attached hydrogens (tertiary/aromatic N) is 5. The summed E-state index contributed by atoms with van der Waals surface area (Å²) in [6.07, 6.45) is 0.433. The molecule has 17 nitrogen and oxygen atoms in total. The SMILES string of the molecule is CC[C@H](C)[C@H](NC(=O)CCC(=O)O)C(=O)NC(CCC(=O)O)C(=O)N1c2ncccc2CC1C(=O)NCc1nn[nH]n1. The van der Waals surface area contributed by atoms with Crippen molar-refractivity contribution >= 4 is 41.4 Å². The number of carboxylic acids is 2. The lowest BCUT2D eigenvalue weighted by Crippen LogP contribution is -2.58. The quantitative estimate of drug-likeness (QED) is 0.145. The van der Waals surface area contributed by atoms with Gasteiger partial charge in [-0.3, -0.25) is 33.7 Å². The number of carboxylic acid groups (broad SMARTS) is 2. The molecule has 2 unspecified atom stereocenters. The molecule has 0 aliphatic carbocycles. The number of aromatic nitrogens is 5. The maximum absolute atomic E-state index is 14.0. The van der Waals surface area contributed by atoms with Gasteiger partial charge in [-0.1, -0.05) is 31.5 Å². The van der Waals surface area contributed by atoms with Gasteiger partial charge < -0.3 is 26.2 Å². The average Bonchev–Trinajstić information content (AvgIpc) is 3.62. The van der Waals surface area contributed by atoms with E-state index in [-0.39, 0.29) is 37.4 Å². The highest BCUT2D eigenvalue weighted by Gasteiger charge is 2.42. The second-order valence-electron chi connectivity index (χ2n) is 9.78. The third-order valence-electron chi connectivity index (χ3n) is 6.81. The van der Waals surface area contributed by atoms with Crippen molar-refractivity contribution in [1.29, 1.82) is 0 Å². The smallest absolute Gasteiger partial charge is 0.303 e. The van der Waals surface area contributed by atoms with Crippen molar-refractivity contribution in [3.63, 3.8) is 0 Å². The second kappa shape index (κ2) is 14.6. The van der Waals surface area contributed by atoms with E-state index in [4.69, 9.17) is 5.11 Å². The third-order valence-corrected chi connectivity index (χ3v) is 6.81. The summed E-state index contributed by atoms with van der Waals surface area (Å²) in [5, 5.41) is 39.2. The molecule has 4 atom stereocenters. The van der Waals surface area contributed by atoms with Gasteiger partial charge >= 0.3 is 11.9 Å². The van der Waals surface area contributed by atoms with E-state index in [1.807, 2.05) is 0 Å². The van der Waals surface area contributed by atoms with Crippen LogP contribution in [0.4, 0.5) is 5.82 Å². The number of nitrogens with one attached hydrogen (secondary N) is 4. The van der Waals surface area contributed by atoms with Crippen LogP contribution >= 0.6 is 0 Å². The number of H-pyrrole nitrogens is 1. The molecule has 226 valence electrons. The van der Waals surface area contributed by atoms with Crippen molar-refractivity contribution in [1.82, 2.24) is 41.6 Å². The predicted molar refractivity (Wildman–Crippen MR) is 142 cm³/mol. The van der Waals surface area contributed by atoms with Crippen molar-refractivity contribution in [3.05, 3.63) is 29.7 Å². The molecule has 0 bridgehead atoms. The third kappa shape index (κ3) is 8.28. The van der Waals surface area contributed by atoms with E-state index >= 15 is 0 Å². The Balaban J connectivity index is 1.85. The zero-order valence-electron chi connectivity index (χ0n) is 23.1. The topological polar surface area (TPSA) is 250 Å². The van der Waals surface area contributed by atoms with Gasteiger partial charge in [-0.05, 0) is 24.0 Å². The summed E-state index contributed by atoms with van der Waals surface area (Å²) in [6, 6.07) is -0.245. The summed E-state index contributed by atoms with van der Waals surface area (Å²) in [7, 11) is 0. The van der Waals surface area contributed by atoms with Gasteiger partial charge in [-0.2, -0.15) is 5.21 Å². The molecule has 0 radical (unpaired) electrons. The first-order chi connectivity index (χ1) is 20.0. The molecule has 0 spiro atoms. The fourth-order valence-electron chi connectivity index (χ4n) is 4.39. The van der Waals surface area contributed by atoms with Crippen LogP contribution in [0.25, 0.3) is 0 Å². The van der Waals surface area contributed by atoms with Gasteiger partial charge in [0, 0.05) is 25.5 Å². The van der Waals surface area contributed by atoms with E-state index in [1.165, 1.54) is 6.20 Å². The second-order valence-corrected chi connectivity index (χ2v) is 9.78. The molecule has 0 aromatic carbocycles. The standard InChI is InChI=1S/C25H33N9O8/c1-3-13(2)21(29-18(35)7-9-20(38)39)24(41)28-15(6-8-19(36)37)25(42)34-16(11-14-5-4-10-26-22(14)34)23(40)27-12-17-30-32-33-31-17/h4-5,10,13,15-16,21H,3,6-9,11-12H2,1-2H3,(H,27,40)(H,28,41)(H,29,35)(H,36,37)(H,38,39)(H,30,31,32,33)/t13-,15?,16?,21-/m0/s1. The minimum Gasteiger partial charge on any atom is -0.481 e. The first-order valence-electron chi connectivity index (χ1n) is 13.3. The molecule has 3 rings (SSSR count). The van der Waals surface area contributed by atoms with E-state index in [0.29, 0.717) is 12.0 Å². The number of fused-ring (bicyclic) bond motifs is 1. The number of pyridine rings is 1. The molecule has 3 heterocycles. The van der Waals surface area contributed by atoms with Crippen LogP contribution in [0, 0.1) is 5.92 Å². The lowest BCUT2D eigenvalue weighted by molar-refractivity contribution is -0.140. The van der Waals surface area contributed by atoms with Gasteiger partial charge in [-0.15, -0.1) is 10.2 Å². The van der Waals surface area contributed by atoms with Crippen molar-refractivity contribution in [2.75, 3.05) is 4.90 Å². The highest BCUT2D eigenvalue weighted by molar-refractivity contribution is 6.06. The number of amides is 4. The number of carbonyl (C=O) groups is 6. The summed E-state index contributed by atoms with van der Waals surface area (Å²) >= 11 is 0. The van der Waals surface area contributed by atoms with Crippen molar-refractivity contribution < 1.29 is 39.0 Å². The first kappa shape index (κ1) is 31.6. The average molecular weight is 588 g/mol. The molecule has 17 heteroatoms. The summed E-state index contributed by atoms with van der Waals surface area (Å²) in [5.74, 6) is -5.13. The van der Waals surface area contributed by atoms with Crippen LogP contribution in [0.2, 0.25) is 0 Å². The van der Waals surface area contributed by atoms with E-state index in [0.717, 1.165) is 4.90 Å². The van der Waals surface area contributed by atoms with Crippen LogP contribution in [0.5, 0.6) is 0 Å². The molecule has 2 aromatic rings. The minimum absolute atomic E-state index is 0.0744. The number of carbonyl (C=O) groups excluding carboxylic acids is 4. The Morgan fingerprint density at radius 2 is 1.83 bits per heavy atom. The predicted octanol–water partition coefficient (Wildman–Crippen LogP) is -1.09. The van der Waals surface area contributed by atoms with E-state index in [9.17, 15) is 33.9 Å². The summed E-state index contributed by atoms with van der Waals surface area (Å²) < 4.78 is 0. The summed E-state index contributed by atoms with van der Waals surface area (Å²) in [4.78, 5) is 80.6. The molecular formula is C25H33N9O8. The van der Waals surface area contributed by atoms with Gasteiger partial charge in [0.25, 0.3) is 5.91 Å². The van der Waals surface area contributed by atoms with Crippen LogP contribution in [-0.2, 0) is 41.7 Å². The van der Waals surface area contributed by atoms with E-state index in [2.05, 4.69) is 41.6 Å². The van der Waals surface area contributed by atoms with Gasteiger partial charge in [0.05, 0.1) is 13.0 Å². The summed E-state index contributed by atoms with van der Waals surface area (Å²) in [6.45, 7) is 3.40. The lowest BCUT2D eigenvalue weighted by Gasteiger charge is -2.30. The number of aliphatic carboxylic acids is 2. The normalized spacial score (nSPS) is 16.0. The van der Waals surface area contributed by atoms with Crippen molar-refractivity contribution in [3.8, 4) is 0 Å². The molecule has 2 aromatic heterocycles. The van der Waals surface area contributed by atoms with Crippen LogP contribution in [0.15, 0.2) is 18.3 Å². The minimum atomic E-state index is -1.39. The van der Waals surface area contributed by atoms with Crippen LogP contribution < -0.4 is 20.9 Å². The molecule has 0 saturated heterocycles. The Morgan fingerprint density at radius 3 is 2.48 bits per heavy atom. The number of anilines is 1. The highest BCUT2D eigenvalue weighted by Crippen LogP contribution is 2.31. The number of rotatable bonds is 15. The fraction of sp³-hybridized carbons (Fsp3) is 0.520. The largest absolute Gasteiger partial charge is 0.481 e. The van der Waals surface area contributed by atoms with E-state index in [1.54, 1.807) is 26.0 Å². The van der Waals surface area contributed by atoms with Crippen molar-refractivity contribution in [2.45, 2.75) is 77.0 Å². The van der Waals surface area contributed by atoms with Gasteiger partial charge in [-0.25, -0.2) is 4.98 Å². The Kier molecular flexibility index (Phi) is 11.0. The van der Waals surface area contributed by atoms with E-state index < -0.39 is 72.5 Å². The van der Waals surface area contributed by atoms with Crippen LogP contribution in [-0.4, -0.2) is 89.5 Å². The molecule has 0 saturated carbocycles. The molecule has 1 aliphatic heterocycles. The highest BCUT2D eigenvalue weighted by atomic mass is 16.4. The maximum Gasteiger partial charge on any atom is 0.303 e. The fourth-order valence-corrected chi connectivity index (χ4v) is 4.39. The Labute approximate surface area is 239 Å². The van der Waals surface area contributed by atoms with Gasteiger partial charge in [0.15, 0.2) is 5.82 Å². The molecule has 42 heavy (non-hydrogen) atoms. The number of tetrazole rings is 1. The van der Waals surface area contributed by atoms with Crippen molar-refractivity contribution in [2.24, 2.45) is 5.92 Å². The molecule has 6 N–H and O–H groups in total. The lowest BCUT2D eigenvalue weighted by atomic mass is 9.97. The van der Waals surface area contributed by atoms with Gasteiger partial charge in [0.2, 0.25) is 17.7 Å². The number of hydrogen-bond donors (Lipinski definition) is 6. The zero-order chi connectivity index (χ0) is 30.8. The Hall–Kier alpha value is -4.96. The summed E-state index contributed by atoms with van der Waals surface area (Å²) in [5.41, 5.74) is 0.594. The molecular weight excluding hydrogens is 554 g/mol. The molecule has 1 aliphatic rings. The Bertz CT molecular complexity index is 1300. The monoisotopic (exact) mass is 587 g/mol. The molecule has 4 amide bonds. The number of hydrogen-bond acceptors (Lipinski definition) is 10. The van der Waals surface area contributed by atoms with Crippen LogP contribution in [0.1, 0.15) is 57.3 Å². The van der Waals surface area contributed by atoms with Crippen LogP contribution in [0.3, 0.4) is 0 Å². The number of aromatic amines is 1. The first-order valence-corrected chi connectivity index (χ1v) is 13.3. The zero-order valence-corrected chi connectivity index (χ0v) is 23.1. The maximum atomic E-state index is 14.0. The van der Waals surface area contributed by atoms with Gasteiger partial charge in [0.1, 0.15) is 23.9 Å².